The Morgan fingerprint density at radius 3 is 3.00 bits per heavy atom. The van der Waals surface area contributed by atoms with Crippen molar-refractivity contribution in [2.24, 2.45) is 5.73 Å². The smallest absolute Gasteiger partial charge is 0.245 e. The van der Waals surface area contributed by atoms with Crippen molar-refractivity contribution >= 4 is 21.9 Å². The molecular formula is C15H20BrN5. The maximum Gasteiger partial charge on any atom is 0.245 e. The number of anilines is 1. The van der Waals surface area contributed by atoms with Gasteiger partial charge in [-0.15, -0.1) is 5.10 Å². The van der Waals surface area contributed by atoms with Crippen LogP contribution in [0.3, 0.4) is 0 Å². The lowest BCUT2D eigenvalue weighted by atomic mass is 9.99. The molecule has 0 spiro atoms. The lowest BCUT2D eigenvalue weighted by Crippen LogP contribution is -2.50. The first-order valence-corrected chi connectivity index (χ1v) is 8.06. The number of nitrogens with zero attached hydrogens (tertiary/aromatic N) is 3. The summed E-state index contributed by atoms with van der Waals surface area (Å²) in [5.74, 6) is 1.53. The van der Waals surface area contributed by atoms with Crippen molar-refractivity contribution in [1.29, 1.82) is 0 Å². The molecule has 2 aromatic rings. The molecule has 3 rings (SSSR count). The van der Waals surface area contributed by atoms with Crippen LogP contribution < -0.4 is 10.6 Å². The second-order valence-electron chi connectivity index (χ2n) is 5.69. The first-order chi connectivity index (χ1) is 10.1. The first kappa shape index (κ1) is 14.5. The number of aryl methyl sites for hydroxylation is 1. The van der Waals surface area contributed by atoms with Crippen LogP contribution >= 0.6 is 15.9 Å². The Morgan fingerprint density at radius 1 is 1.43 bits per heavy atom. The molecule has 0 aliphatic carbocycles. The molecule has 0 amide bonds. The van der Waals surface area contributed by atoms with Crippen LogP contribution in [0, 0.1) is 6.92 Å². The summed E-state index contributed by atoms with van der Waals surface area (Å²) in [6.45, 7) is 5.17. The molecule has 21 heavy (non-hydrogen) atoms. The molecule has 0 radical (unpaired) electrons. The Bertz CT molecular complexity index is 639. The van der Waals surface area contributed by atoms with E-state index < -0.39 is 0 Å². The molecule has 1 aliphatic rings. The number of hydrogen-bond acceptors (Lipinski definition) is 4. The zero-order valence-corrected chi connectivity index (χ0v) is 13.9. The van der Waals surface area contributed by atoms with Crippen LogP contribution in [-0.2, 0) is 0 Å². The summed E-state index contributed by atoms with van der Waals surface area (Å²) < 4.78 is 1.08. The molecule has 2 unspecified atom stereocenters. The summed E-state index contributed by atoms with van der Waals surface area (Å²) in [7, 11) is 0. The first-order valence-electron chi connectivity index (χ1n) is 7.27. The van der Waals surface area contributed by atoms with Gasteiger partial charge in [-0.2, -0.15) is 4.98 Å². The van der Waals surface area contributed by atoms with Crippen LogP contribution in [0.5, 0.6) is 0 Å². The fourth-order valence-electron chi connectivity index (χ4n) is 2.71. The number of aromatic amines is 1. The third-order valence-electron chi connectivity index (χ3n) is 4.22. The molecular weight excluding hydrogens is 330 g/mol. The van der Waals surface area contributed by atoms with Gasteiger partial charge >= 0.3 is 0 Å². The average Bonchev–Trinajstić information content (AvgIpc) is 2.94. The number of benzene rings is 1. The van der Waals surface area contributed by atoms with Gasteiger partial charge in [0.05, 0.1) is 0 Å². The summed E-state index contributed by atoms with van der Waals surface area (Å²) in [5.41, 5.74) is 8.38. The molecule has 1 saturated heterocycles. The molecule has 1 aromatic heterocycles. The van der Waals surface area contributed by atoms with Crippen molar-refractivity contribution in [3.05, 3.63) is 28.2 Å². The van der Waals surface area contributed by atoms with Crippen LogP contribution in [0.25, 0.3) is 11.4 Å². The summed E-state index contributed by atoms with van der Waals surface area (Å²) in [4.78, 5) is 6.83. The topological polar surface area (TPSA) is 70.8 Å². The van der Waals surface area contributed by atoms with E-state index in [1.165, 1.54) is 5.56 Å². The van der Waals surface area contributed by atoms with Gasteiger partial charge in [-0.25, -0.2) is 0 Å². The van der Waals surface area contributed by atoms with Crippen LogP contribution in [-0.4, -0.2) is 33.8 Å². The van der Waals surface area contributed by atoms with Crippen LogP contribution in [0.1, 0.15) is 25.3 Å². The Hall–Kier alpha value is -1.40. The van der Waals surface area contributed by atoms with E-state index >= 15 is 0 Å². The van der Waals surface area contributed by atoms with E-state index in [4.69, 9.17) is 5.73 Å². The summed E-state index contributed by atoms with van der Waals surface area (Å²) in [6, 6.07) is 6.64. The Kier molecular flexibility index (Phi) is 3.99. The standard InChI is InChI=1S/C15H20BrN5/c1-9-5-6-11(8-12(9)16)14-18-15(20-19-14)21-7-3-4-13(17)10(21)2/h5-6,8,10,13H,3-4,7,17H2,1-2H3,(H,18,19,20). The molecule has 0 saturated carbocycles. The minimum Gasteiger partial charge on any atom is -0.335 e. The quantitative estimate of drug-likeness (QED) is 0.874. The van der Waals surface area contributed by atoms with E-state index in [0.29, 0.717) is 0 Å². The average molecular weight is 350 g/mol. The molecule has 2 heterocycles. The minimum absolute atomic E-state index is 0.189. The lowest BCUT2D eigenvalue weighted by molar-refractivity contribution is 0.416. The number of nitrogens with two attached hydrogens (primary N) is 1. The van der Waals surface area contributed by atoms with Gasteiger partial charge in [-0.05, 0) is 38.3 Å². The fraction of sp³-hybridized carbons (Fsp3) is 0.467. The minimum atomic E-state index is 0.189. The number of hydrogen-bond donors (Lipinski definition) is 2. The number of aromatic nitrogens is 3. The second kappa shape index (κ2) is 5.77. The predicted octanol–water partition coefficient (Wildman–Crippen LogP) is 2.86. The van der Waals surface area contributed by atoms with Crippen LogP contribution in [0.4, 0.5) is 5.95 Å². The zero-order chi connectivity index (χ0) is 15.0. The highest BCUT2D eigenvalue weighted by Gasteiger charge is 2.27. The highest BCUT2D eigenvalue weighted by Crippen LogP contribution is 2.26. The maximum absolute atomic E-state index is 6.15. The van der Waals surface area contributed by atoms with Crippen molar-refractivity contribution in [2.75, 3.05) is 11.4 Å². The maximum atomic E-state index is 6.15. The number of H-pyrrole nitrogens is 1. The highest BCUT2D eigenvalue weighted by atomic mass is 79.9. The molecule has 112 valence electrons. The van der Waals surface area contributed by atoms with Crippen molar-refractivity contribution in [1.82, 2.24) is 15.2 Å². The summed E-state index contributed by atoms with van der Waals surface area (Å²) >= 11 is 3.56. The Morgan fingerprint density at radius 2 is 2.24 bits per heavy atom. The number of rotatable bonds is 2. The normalized spacial score (nSPS) is 22.6. The third-order valence-corrected chi connectivity index (χ3v) is 5.08. The van der Waals surface area contributed by atoms with Crippen LogP contribution in [0.15, 0.2) is 22.7 Å². The van der Waals surface area contributed by atoms with E-state index in [1.807, 2.05) is 0 Å². The molecule has 6 heteroatoms. The summed E-state index contributed by atoms with van der Waals surface area (Å²) in [6.07, 6.45) is 2.16. The molecule has 0 bridgehead atoms. The number of piperidine rings is 1. The van der Waals surface area contributed by atoms with Crippen molar-refractivity contribution < 1.29 is 0 Å². The molecule has 2 atom stereocenters. The van der Waals surface area contributed by atoms with Gasteiger partial charge < -0.3 is 10.6 Å². The van der Waals surface area contributed by atoms with E-state index in [1.54, 1.807) is 0 Å². The van der Waals surface area contributed by atoms with E-state index in [0.717, 1.165) is 41.2 Å². The van der Waals surface area contributed by atoms with E-state index in [9.17, 15) is 0 Å². The summed E-state index contributed by atoms with van der Waals surface area (Å²) in [5, 5.41) is 7.41. The van der Waals surface area contributed by atoms with Crippen molar-refractivity contribution in [3.63, 3.8) is 0 Å². The second-order valence-corrected chi connectivity index (χ2v) is 6.54. The SMILES string of the molecule is Cc1ccc(-c2nc(N3CCCC(N)C3C)n[nH]2)cc1Br. The van der Waals surface area contributed by atoms with Gasteiger partial charge in [0, 0.05) is 28.7 Å². The lowest BCUT2D eigenvalue weighted by Gasteiger charge is -2.36. The zero-order valence-electron chi connectivity index (χ0n) is 12.3. The fourth-order valence-corrected chi connectivity index (χ4v) is 3.08. The molecule has 1 aromatic carbocycles. The Labute approximate surface area is 133 Å². The van der Waals surface area contributed by atoms with Crippen molar-refractivity contribution in [2.45, 2.75) is 38.8 Å². The van der Waals surface area contributed by atoms with Gasteiger partial charge in [0.1, 0.15) is 0 Å². The van der Waals surface area contributed by atoms with Gasteiger partial charge in [0.2, 0.25) is 5.95 Å². The van der Waals surface area contributed by atoms with Gasteiger partial charge in [-0.3, -0.25) is 5.10 Å². The monoisotopic (exact) mass is 349 g/mol. The third kappa shape index (κ3) is 2.82. The number of nitrogens with one attached hydrogen (secondary N) is 1. The molecule has 3 N–H and O–H groups in total. The predicted molar refractivity (Wildman–Crippen MR) is 88.3 cm³/mol. The van der Waals surface area contributed by atoms with Gasteiger partial charge in [0.25, 0.3) is 0 Å². The largest absolute Gasteiger partial charge is 0.335 e. The van der Waals surface area contributed by atoms with Gasteiger partial charge in [0.15, 0.2) is 5.82 Å². The van der Waals surface area contributed by atoms with Gasteiger partial charge in [-0.1, -0.05) is 28.1 Å². The highest BCUT2D eigenvalue weighted by molar-refractivity contribution is 9.10. The molecule has 1 fully saturated rings. The van der Waals surface area contributed by atoms with Crippen molar-refractivity contribution in [3.8, 4) is 11.4 Å². The Balaban J connectivity index is 1.87. The van der Waals surface area contributed by atoms with Crippen LogP contribution in [0.2, 0.25) is 0 Å². The molecule has 1 aliphatic heterocycles. The van der Waals surface area contributed by atoms with E-state index in [-0.39, 0.29) is 12.1 Å². The molecule has 5 nitrogen and oxygen atoms in total. The van der Waals surface area contributed by atoms with E-state index in [2.05, 4.69) is 68.1 Å². The number of halogens is 1.